The van der Waals surface area contributed by atoms with Crippen LogP contribution in [0.25, 0.3) is 109 Å². The molecule has 3 heteroatoms. The van der Waals surface area contributed by atoms with Gasteiger partial charge in [-0.15, -0.1) is 11.3 Å². The van der Waals surface area contributed by atoms with Crippen LogP contribution < -0.4 is 4.90 Å². The van der Waals surface area contributed by atoms with Gasteiger partial charge >= 0.3 is 0 Å². The monoisotopic (exact) mass is 871 g/mol. The highest BCUT2D eigenvalue weighted by molar-refractivity contribution is 7.25. The van der Waals surface area contributed by atoms with E-state index in [1.807, 2.05) is 11.3 Å². The number of anilines is 3. The number of rotatable bonds is 8. The van der Waals surface area contributed by atoms with Crippen LogP contribution in [-0.2, 0) is 0 Å². The van der Waals surface area contributed by atoms with Gasteiger partial charge in [0.1, 0.15) is 11.2 Å². The number of hydrogen-bond donors (Lipinski definition) is 0. The summed E-state index contributed by atoms with van der Waals surface area (Å²) in [6.45, 7) is 0. The highest BCUT2D eigenvalue weighted by Gasteiger charge is 2.21. The molecular weight excluding hydrogens is 831 g/mol. The van der Waals surface area contributed by atoms with Crippen LogP contribution in [0.4, 0.5) is 17.1 Å². The molecule has 0 amide bonds. The van der Waals surface area contributed by atoms with Crippen LogP contribution in [-0.4, -0.2) is 0 Å². The van der Waals surface area contributed by atoms with Gasteiger partial charge in [0.15, 0.2) is 0 Å². The third kappa shape index (κ3) is 6.96. The highest BCUT2D eigenvalue weighted by atomic mass is 32.1. The van der Waals surface area contributed by atoms with E-state index >= 15 is 0 Å². The van der Waals surface area contributed by atoms with Crippen LogP contribution in [0, 0.1) is 0 Å². The summed E-state index contributed by atoms with van der Waals surface area (Å²) in [6.07, 6.45) is 0. The average Bonchev–Trinajstić information content (AvgIpc) is 3.98. The lowest BCUT2D eigenvalue weighted by Gasteiger charge is -2.27. The van der Waals surface area contributed by atoms with E-state index in [1.165, 1.54) is 58.8 Å². The molecule has 0 aliphatic carbocycles. The normalized spacial score (nSPS) is 11.6. The van der Waals surface area contributed by atoms with Crippen LogP contribution in [0.1, 0.15) is 0 Å². The Balaban J connectivity index is 1.03. The van der Waals surface area contributed by atoms with Gasteiger partial charge in [0.25, 0.3) is 0 Å². The third-order valence-corrected chi connectivity index (χ3v) is 14.4. The van der Waals surface area contributed by atoms with E-state index in [1.54, 1.807) is 0 Å². The number of furan rings is 1. The van der Waals surface area contributed by atoms with Gasteiger partial charge in [-0.1, -0.05) is 182 Å². The van der Waals surface area contributed by atoms with Crippen LogP contribution in [0.5, 0.6) is 0 Å². The van der Waals surface area contributed by atoms with E-state index in [0.717, 1.165) is 66.8 Å². The summed E-state index contributed by atoms with van der Waals surface area (Å²) in [7, 11) is 0. The quantitative estimate of drug-likeness (QED) is 0.151. The summed E-state index contributed by atoms with van der Waals surface area (Å²) in [5.41, 5.74) is 16.6. The van der Waals surface area contributed by atoms with Crippen molar-refractivity contribution in [2.75, 3.05) is 4.90 Å². The van der Waals surface area contributed by atoms with E-state index < -0.39 is 0 Å². The zero-order valence-electron chi connectivity index (χ0n) is 36.4. The summed E-state index contributed by atoms with van der Waals surface area (Å²) < 4.78 is 9.33. The number of thiophene rings is 1. The molecule has 0 spiro atoms. The molecule has 0 unspecified atom stereocenters. The van der Waals surface area contributed by atoms with Crippen LogP contribution in [0.2, 0.25) is 0 Å². The first-order chi connectivity index (χ1) is 33.2. The van der Waals surface area contributed by atoms with Crippen molar-refractivity contribution >= 4 is 81.3 Å². The molecule has 67 heavy (non-hydrogen) atoms. The fraction of sp³-hybridized carbons (Fsp3) is 0. The maximum absolute atomic E-state index is 6.75. The van der Waals surface area contributed by atoms with Crippen molar-refractivity contribution in [3.63, 3.8) is 0 Å². The molecule has 0 N–H and O–H groups in total. The van der Waals surface area contributed by atoms with Crippen molar-refractivity contribution in [2.24, 2.45) is 0 Å². The molecule has 13 rings (SSSR count). The fourth-order valence-corrected chi connectivity index (χ4v) is 11.1. The van der Waals surface area contributed by atoms with Crippen LogP contribution >= 0.6 is 11.3 Å². The lowest BCUT2D eigenvalue weighted by atomic mass is 9.93. The Kier molecular flexibility index (Phi) is 9.40. The van der Waals surface area contributed by atoms with Crippen molar-refractivity contribution < 1.29 is 4.42 Å². The standard InChI is InChI=1S/C64H41NOS/c1-3-13-42(14-4-1)44-25-29-46(30-26-44)49-18-11-19-52(38-49)65(53-34-35-57-60(41-53)66-59-36-33-48-17-7-8-20-55(48)63(57)59)54-39-50(47-31-27-45(28-32-47)43-15-5-2-6-16-43)37-51(40-54)56-22-12-24-62-64(56)58-21-9-10-23-61(58)67-62/h1-41H. The smallest absolute Gasteiger partial charge is 0.137 e. The van der Waals surface area contributed by atoms with Crippen molar-refractivity contribution in [1.82, 2.24) is 0 Å². The molecule has 0 saturated heterocycles. The first-order valence-electron chi connectivity index (χ1n) is 22.8. The average molecular weight is 872 g/mol. The van der Waals surface area contributed by atoms with E-state index in [4.69, 9.17) is 4.42 Å². The topological polar surface area (TPSA) is 16.4 Å². The molecule has 314 valence electrons. The van der Waals surface area contributed by atoms with Gasteiger partial charge in [0, 0.05) is 54.1 Å². The minimum absolute atomic E-state index is 0.851. The van der Waals surface area contributed by atoms with Gasteiger partial charge in [0.2, 0.25) is 0 Å². The van der Waals surface area contributed by atoms with Crippen molar-refractivity contribution in [2.45, 2.75) is 0 Å². The van der Waals surface area contributed by atoms with Crippen LogP contribution in [0.15, 0.2) is 253 Å². The fourth-order valence-electron chi connectivity index (χ4n) is 9.99. The summed E-state index contributed by atoms with van der Waals surface area (Å²) in [5.74, 6) is 0. The molecule has 11 aromatic carbocycles. The number of hydrogen-bond acceptors (Lipinski definition) is 3. The Bertz CT molecular complexity index is 3960. The molecule has 0 atom stereocenters. The maximum atomic E-state index is 6.75. The van der Waals surface area contributed by atoms with E-state index in [0.29, 0.717) is 0 Å². The molecule has 0 bridgehead atoms. The Hall–Kier alpha value is -8.50. The molecule has 0 radical (unpaired) electrons. The lowest BCUT2D eigenvalue weighted by molar-refractivity contribution is 0.669. The SMILES string of the molecule is c1ccc(-c2ccc(-c3cccc(N(c4cc(-c5ccc(-c6ccccc6)cc5)cc(-c5cccc6sc7ccccc7c56)c4)c4ccc5c(c4)oc4ccc6ccccc6c45)c3)cc2)cc1. The van der Waals surface area contributed by atoms with Crippen LogP contribution in [0.3, 0.4) is 0 Å². The minimum atomic E-state index is 0.851. The second kappa shape index (κ2) is 16.2. The number of benzene rings is 11. The molecule has 2 heterocycles. The lowest BCUT2D eigenvalue weighted by Crippen LogP contribution is -2.10. The Morgan fingerprint density at radius 2 is 0.836 bits per heavy atom. The highest BCUT2D eigenvalue weighted by Crippen LogP contribution is 2.46. The minimum Gasteiger partial charge on any atom is -0.456 e. The van der Waals surface area contributed by atoms with Gasteiger partial charge in [-0.25, -0.2) is 0 Å². The maximum Gasteiger partial charge on any atom is 0.137 e. The molecule has 2 aromatic heterocycles. The second-order valence-corrected chi connectivity index (χ2v) is 18.3. The summed E-state index contributed by atoms with van der Waals surface area (Å²) in [5, 5.41) is 7.21. The largest absolute Gasteiger partial charge is 0.456 e. The summed E-state index contributed by atoms with van der Waals surface area (Å²) in [4.78, 5) is 2.41. The second-order valence-electron chi connectivity index (χ2n) is 17.3. The molecule has 0 fully saturated rings. The Labute approximate surface area is 392 Å². The Morgan fingerprint density at radius 3 is 1.58 bits per heavy atom. The third-order valence-electron chi connectivity index (χ3n) is 13.2. The zero-order chi connectivity index (χ0) is 44.3. The Morgan fingerprint density at radius 1 is 0.284 bits per heavy atom. The number of fused-ring (bicyclic) bond motifs is 8. The summed E-state index contributed by atoms with van der Waals surface area (Å²) in [6, 6.07) is 90.3. The summed E-state index contributed by atoms with van der Waals surface area (Å²) >= 11 is 1.86. The molecule has 0 saturated carbocycles. The molecule has 0 aliphatic rings. The van der Waals surface area contributed by atoms with Crippen molar-refractivity contribution in [3.8, 4) is 55.6 Å². The molecule has 13 aromatic rings. The molecule has 0 aliphatic heterocycles. The number of nitrogens with zero attached hydrogens (tertiary/aromatic N) is 1. The van der Waals surface area contributed by atoms with Gasteiger partial charge in [0.05, 0.1) is 0 Å². The van der Waals surface area contributed by atoms with E-state index in [2.05, 4.69) is 254 Å². The van der Waals surface area contributed by atoms with E-state index in [-0.39, 0.29) is 0 Å². The van der Waals surface area contributed by atoms with Crippen molar-refractivity contribution in [1.29, 1.82) is 0 Å². The molecule has 2 nitrogen and oxygen atoms in total. The molecular formula is C64H41NOS. The predicted octanol–water partition coefficient (Wildman–Crippen LogP) is 18.9. The first-order valence-corrected chi connectivity index (χ1v) is 23.6. The van der Waals surface area contributed by atoms with Gasteiger partial charge in [-0.3, -0.25) is 0 Å². The van der Waals surface area contributed by atoms with Gasteiger partial charge in [-0.2, -0.15) is 0 Å². The van der Waals surface area contributed by atoms with E-state index in [9.17, 15) is 0 Å². The van der Waals surface area contributed by atoms with Gasteiger partial charge in [-0.05, 0) is 127 Å². The predicted molar refractivity (Wildman–Crippen MR) is 286 cm³/mol. The van der Waals surface area contributed by atoms with Gasteiger partial charge < -0.3 is 9.32 Å². The van der Waals surface area contributed by atoms with Crippen molar-refractivity contribution in [3.05, 3.63) is 249 Å². The zero-order valence-corrected chi connectivity index (χ0v) is 37.3. The first kappa shape index (κ1) is 38.9.